The molecule has 1 aromatic carbocycles. The van der Waals surface area contributed by atoms with E-state index in [9.17, 15) is 0 Å². The summed E-state index contributed by atoms with van der Waals surface area (Å²) >= 11 is 0. The van der Waals surface area contributed by atoms with Crippen molar-refractivity contribution in [1.82, 2.24) is 0 Å². The molecule has 0 aliphatic rings. The largest absolute Gasteiger partial charge is 0.461 e. The van der Waals surface area contributed by atoms with E-state index in [1.54, 1.807) is 0 Å². The summed E-state index contributed by atoms with van der Waals surface area (Å²) in [5, 5.41) is 0. The molecule has 1 heteroatoms. The quantitative estimate of drug-likeness (QED) is 0.659. The van der Waals surface area contributed by atoms with Gasteiger partial charge in [-0.1, -0.05) is 44.2 Å². The third-order valence-corrected chi connectivity index (χ3v) is 2.22. The average molecular weight is 202 g/mol. The van der Waals surface area contributed by atoms with Crippen molar-refractivity contribution in [3.63, 3.8) is 0 Å². The smallest absolute Gasteiger partial charge is 0.134 e. The number of rotatable bonds is 1. The molecule has 0 N–H and O–H groups in total. The van der Waals surface area contributed by atoms with Crippen LogP contribution in [0.25, 0.3) is 11.3 Å². The lowest BCUT2D eigenvalue weighted by atomic mass is 10.1. The maximum absolute atomic E-state index is 5.60. The fraction of sp³-hybridized carbons (Fsp3) is 0.286. The second-order valence-electron chi connectivity index (χ2n) is 3.22. The molecular formula is C14H18O. The molecule has 0 saturated carbocycles. The van der Waals surface area contributed by atoms with Crippen molar-refractivity contribution in [3.8, 4) is 11.3 Å². The maximum Gasteiger partial charge on any atom is 0.134 e. The Bertz CT molecular complexity index is 379. The lowest BCUT2D eigenvalue weighted by Crippen LogP contribution is -1.69. The Hall–Kier alpha value is -1.50. The van der Waals surface area contributed by atoms with Gasteiger partial charge < -0.3 is 4.42 Å². The third-order valence-electron chi connectivity index (χ3n) is 2.22. The predicted octanol–water partition coefficient (Wildman–Crippen LogP) is 4.59. The highest BCUT2D eigenvalue weighted by atomic mass is 16.3. The summed E-state index contributed by atoms with van der Waals surface area (Å²) in [7, 11) is 0. The zero-order chi connectivity index (χ0) is 11.3. The molecule has 15 heavy (non-hydrogen) atoms. The van der Waals surface area contributed by atoms with Crippen LogP contribution in [-0.2, 0) is 0 Å². The van der Waals surface area contributed by atoms with Gasteiger partial charge in [0.25, 0.3) is 0 Å². The molecule has 0 aliphatic carbocycles. The lowest BCUT2D eigenvalue weighted by Gasteiger charge is -1.93. The molecule has 1 heterocycles. The van der Waals surface area contributed by atoms with Crippen LogP contribution < -0.4 is 0 Å². The van der Waals surface area contributed by atoms with Crippen LogP contribution in [0.2, 0.25) is 0 Å². The van der Waals surface area contributed by atoms with Crippen molar-refractivity contribution in [2.24, 2.45) is 0 Å². The number of aryl methyl sites for hydroxylation is 2. The lowest BCUT2D eigenvalue weighted by molar-refractivity contribution is 0.545. The fourth-order valence-corrected chi connectivity index (χ4v) is 1.32. The molecule has 1 aromatic heterocycles. The summed E-state index contributed by atoms with van der Waals surface area (Å²) in [5.74, 6) is 1.95. The van der Waals surface area contributed by atoms with Gasteiger partial charge in [0.05, 0.1) is 0 Å². The Morgan fingerprint density at radius 3 is 2.00 bits per heavy atom. The Labute approximate surface area is 91.7 Å². The van der Waals surface area contributed by atoms with Gasteiger partial charge in [-0.2, -0.15) is 0 Å². The van der Waals surface area contributed by atoms with Gasteiger partial charge in [0.2, 0.25) is 0 Å². The minimum absolute atomic E-state index is 0.954. The summed E-state index contributed by atoms with van der Waals surface area (Å²) in [6, 6.07) is 12.2. The van der Waals surface area contributed by atoms with Crippen molar-refractivity contribution < 1.29 is 4.42 Å². The Morgan fingerprint density at radius 2 is 1.53 bits per heavy atom. The molecule has 2 rings (SSSR count). The van der Waals surface area contributed by atoms with Gasteiger partial charge in [0.1, 0.15) is 11.5 Å². The van der Waals surface area contributed by atoms with Crippen molar-refractivity contribution >= 4 is 0 Å². The first-order chi connectivity index (χ1) is 7.27. The van der Waals surface area contributed by atoms with Crippen molar-refractivity contribution in [2.75, 3.05) is 0 Å². The standard InChI is InChI=1S/C12H12O.C2H6/c1-9-8-12(13-10(9)2)11-6-4-3-5-7-11;1-2/h3-8H,1-2H3;1-2H3. The molecule has 0 spiro atoms. The van der Waals surface area contributed by atoms with Gasteiger partial charge in [0, 0.05) is 5.56 Å². The van der Waals surface area contributed by atoms with E-state index in [4.69, 9.17) is 4.42 Å². The topological polar surface area (TPSA) is 13.1 Å². The van der Waals surface area contributed by atoms with Gasteiger partial charge in [0.15, 0.2) is 0 Å². The number of hydrogen-bond acceptors (Lipinski definition) is 1. The van der Waals surface area contributed by atoms with E-state index in [0.717, 1.165) is 17.1 Å². The normalized spacial score (nSPS) is 9.33. The van der Waals surface area contributed by atoms with Crippen molar-refractivity contribution in [1.29, 1.82) is 0 Å². The number of benzene rings is 1. The van der Waals surface area contributed by atoms with Crippen LogP contribution in [0.1, 0.15) is 25.2 Å². The summed E-state index contributed by atoms with van der Waals surface area (Å²) in [4.78, 5) is 0. The fourth-order valence-electron chi connectivity index (χ4n) is 1.32. The van der Waals surface area contributed by atoms with Crippen LogP contribution in [0, 0.1) is 13.8 Å². The second kappa shape index (κ2) is 5.40. The highest BCUT2D eigenvalue weighted by molar-refractivity contribution is 5.58. The van der Waals surface area contributed by atoms with Crippen molar-refractivity contribution in [3.05, 3.63) is 47.7 Å². The predicted molar refractivity (Wildman–Crippen MR) is 65.0 cm³/mol. The molecule has 0 radical (unpaired) electrons. The Morgan fingerprint density at radius 1 is 0.933 bits per heavy atom. The molecule has 0 unspecified atom stereocenters. The molecule has 0 amide bonds. The molecule has 0 fully saturated rings. The van der Waals surface area contributed by atoms with E-state index >= 15 is 0 Å². The van der Waals surface area contributed by atoms with E-state index in [0.29, 0.717) is 0 Å². The second-order valence-corrected chi connectivity index (χ2v) is 3.22. The van der Waals surface area contributed by atoms with Crippen LogP contribution in [0.4, 0.5) is 0 Å². The average Bonchev–Trinajstić information content (AvgIpc) is 2.63. The van der Waals surface area contributed by atoms with Gasteiger partial charge in [-0.3, -0.25) is 0 Å². The van der Waals surface area contributed by atoms with E-state index < -0.39 is 0 Å². The Kier molecular flexibility index (Phi) is 4.17. The SMILES string of the molecule is CC.Cc1cc(-c2ccccc2)oc1C. The summed E-state index contributed by atoms with van der Waals surface area (Å²) in [6.07, 6.45) is 0. The van der Waals surface area contributed by atoms with Crippen LogP contribution in [0.5, 0.6) is 0 Å². The minimum Gasteiger partial charge on any atom is -0.461 e. The summed E-state index contributed by atoms with van der Waals surface area (Å²) < 4.78 is 5.60. The van der Waals surface area contributed by atoms with Crippen LogP contribution in [0.15, 0.2) is 40.8 Å². The minimum atomic E-state index is 0.954. The number of hydrogen-bond donors (Lipinski definition) is 0. The van der Waals surface area contributed by atoms with Crippen LogP contribution >= 0.6 is 0 Å². The van der Waals surface area contributed by atoms with Crippen LogP contribution in [0.3, 0.4) is 0 Å². The zero-order valence-corrected chi connectivity index (χ0v) is 9.87. The van der Waals surface area contributed by atoms with Gasteiger partial charge in [-0.05, 0) is 25.5 Å². The molecule has 0 aliphatic heterocycles. The molecule has 80 valence electrons. The third kappa shape index (κ3) is 2.72. The first-order valence-electron chi connectivity index (χ1n) is 5.40. The van der Waals surface area contributed by atoms with Crippen LogP contribution in [-0.4, -0.2) is 0 Å². The molecule has 0 bridgehead atoms. The Balaban J connectivity index is 0.000000531. The summed E-state index contributed by atoms with van der Waals surface area (Å²) in [5.41, 5.74) is 2.34. The van der Waals surface area contributed by atoms with E-state index in [1.165, 1.54) is 5.56 Å². The molecule has 1 nitrogen and oxygen atoms in total. The highest BCUT2D eigenvalue weighted by Crippen LogP contribution is 2.24. The highest BCUT2D eigenvalue weighted by Gasteiger charge is 2.04. The van der Waals surface area contributed by atoms with Gasteiger partial charge in [-0.25, -0.2) is 0 Å². The van der Waals surface area contributed by atoms with E-state index in [1.807, 2.05) is 39.0 Å². The molecular weight excluding hydrogens is 184 g/mol. The van der Waals surface area contributed by atoms with Gasteiger partial charge in [-0.15, -0.1) is 0 Å². The molecule has 0 saturated heterocycles. The molecule has 0 atom stereocenters. The van der Waals surface area contributed by atoms with E-state index in [2.05, 4.69) is 25.1 Å². The zero-order valence-electron chi connectivity index (χ0n) is 9.87. The van der Waals surface area contributed by atoms with Gasteiger partial charge >= 0.3 is 0 Å². The molecule has 2 aromatic rings. The number of furan rings is 1. The monoisotopic (exact) mass is 202 g/mol. The first kappa shape index (κ1) is 11.6. The first-order valence-corrected chi connectivity index (χ1v) is 5.40. The van der Waals surface area contributed by atoms with E-state index in [-0.39, 0.29) is 0 Å². The summed E-state index contributed by atoms with van der Waals surface area (Å²) in [6.45, 7) is 8.05. The maximum atomic E-state index is 5.60. The van der Waals surface area contributed by atoms with Crippen molar-refractivity contribution in [2.45, 2.75) is 27.7 Å².